The molecule has 0 spiro atoms. The fourth-order valence-electron chi connectivity index (χ4n) is 3.98. The molecule has 0 bridgehead atoms. The number of aromatic nitrogens is 5. The molecule has 0 aliphatic carbocycles. The first-order valence-electron chi connectivity index (χ1n) is 10.6. The lowest BCUT2D eigenvalue weighted by atomic mass is 10.1. The van der Waals surface area contributed by atoms with Crippen LogP contribution in [0.25, 0.3) is 22.3 Å². The number of piperazine rings is 1. The fourth-order valence-corrected chi connectivity index (χ4v) is 3.98. The van der Waals surface area contributed by atoms with Crippen LogP contribution in [0.2, 0.25) is 0 Å². The van der Waals surface area contributed by atoms with Gasteiger partial charge < -0.3 is 15.6 Å². The second-order valence-electron chi connectivity index (χ2n) is 7.81. The lowest BCUT2D eigenvalue weighted by molar-refractivity contribution is 0.233. The average Bonchev–Trinajstić information content (AvgIpc) is 3.21. The highest BCUT2D eigenvalue weighted by Gasteiger charge is 2.12. The highest BCUT2D eigenvalue weighted by atomic mass is 15.2. The van der Waals surface area contributed by atoms with Gasteiger partial charge in [0, 0.05) is 69.7 Å². The van der Waals surface area contributed by atoms with E-state index in [9.17, 15) is 0 Å². The van der Waals surface area contributed by atoms with Crippen LogP contribution in [0.1, 0.15) is 17.1 Å². The summed E-state index contributed by atoms with van der Waals surface area (Å²) in [6, 6.07) is 12.4. The molecule has 1 fully saturated rings. The molecule has 1 aromatic carbocycles. The van der Waals surface area contributed by atoms with Crippen LogP contribution in [-0.4, -0.2) is 63.0 Å². The van der Waals surface area contributed by atoms with E-state index < -0.39 is 0 Å². The van der Waals surface area contributed by atoms with Crippen LogP contribution in [0.4, 0.5) is 5.82 Å². The highest BCUT2D eigenvalue weighted by Crippen LogP contribution is 2.23. The molecular formula is C23H26N8. The molecule has 4 heterocycles. The third-order valence-electron chi connectivity index (χ3n) is 5.60. The summed E-state index contributed by atoms with van der Waals surface area (Å²) in [6.07, 6.45) is 4.15. The molecule has 0 unspecified atom stereocenters. The monoisotopic (exact) mass is 414 g/mol. The summed E-state index contributed by atoms with van der Waals surface area (Å²) >= 11 is 0. The Morgan fingerprint density at radius 2 is 1.94 bits per heavy atom. The van der Waals surface area contributed by atoms with Crippen LogP contribution in [0, 0.1) is 0 Å². The maximum absolute atomic E-state index is 4.76. The van der Waals surface area contributed by atoms with Gasteiger partial charge in [-0.25, -0.2) is 15.0 Å². The summed E-state index contributed by atoms with van der Waals surface area (Å²) in [4.78, 5) is 23.8. The molecule has 0 saturated carbocycles. The molecule has 5 rings (SSSR count). The van der Waals surface area contributed by atoms with E-state index in [2.05, 4.69) is 53.7 Å². The minimum atomic E-state index is 0.677. The van der Waals surface area contributed by atoms with E-state index in [1.807, 2.05) is 31.4 Å². The van der Waals surface area contributed by atoms with Crippen molar-refractivity contribution in [3.8, 4) is 11.3 Å². The number of pyridine rings is 1. The van der Waals surface area contributed by atoms with E-state index in [0.29, 0.717) is 6.42 Å². The maximum Gasteiger partial charge on any atom is 0.129 e. The van der Waals surface area contributed by atoms with E-state index in [1.54, 1.807) is 6.33 Å². The van der Waals surface area contributed by atoms with Crippen LogP contribution in [0.5, 0.6) is 0 Å². The number of fused-ring (bicyclic) bond motifs is 1. The van der Waals surface area contributed by atoms with Crippen molar-refractivity contribution in [3.05, 3.63) is 66.0 Å². The van der Waals surface area contributed by atoms with E-state index in [1.165, 1.54) is 5.56 Å². The topological polar surface area (TPSA) is 94.7 Å². The largest absolute Gasteiger partial charge is 0.373 e. The SMILES string of the molecule is CNc1cc(-c2ccc3nc(Cc4cc(CN5CCNCC5)ccn4)[nH]c3c2)ncn1. The van der Waals surface area contributed by atoms with Crippen molar-refractivity contribution in [2.24, 2.45) is 0 Å². The summed E-state index contributed by atoms with van der Waals surface area (Å²) in [5.41, 5.74) is 6.17. The summed E-state index contributed by atoms with van der Waals surface area (Å²) in [5.74, 6) is 1.71. The van der Waals surface area contributed by atoms with Crippen molar-refractivity contribution < 1.29 is 0 Å². The normalized spacial score (nSPS) is 14.7. The van der Waals surface area contributed by atoms with Gasteiger partial charge >= 0.3 is 0 Å². The number of anilines is 1. The Bertz CT molecular complexity index is 1180. The number of hydrogen-bond donors (Lipinski definition) is 3. The van der Waals surface area contributed by atoms with Crippen LogP contribution in [0.15, 0.2) is 48.9 Å². The predicted octanol–water partition coefficient (Wildman–Crippen LogP) is 2.45. The van der Waals surface area contributed by atoms with Crippen molar-refractivity contribution >= 4 is 16.9 Å². The number of benzene rings is 1. The Kier molecular flexibility index (Phi) is 5.56. The first-order chi connectivity index (χ1) is 15.3. The van der Waals surface area contributed by atoms with Crippen LogP contribution >= 0.6 is 0 Å². The number of hydrogen-bond acceptors (Lipinski definition) is 7. The number of rotatable bonds is 6. The Morgan fingerprint density at radius 3 is 2.81 bits per heavy atom. The molecule has 158 valence electrons. The molecular weight excluding hydrogens is 388 g/mol. The average molecular weight is 415 g/mol. The van der Waals surface area contributed by atoms with Gasteiger partial charge in [0.15, 0.2) is 0 Å². The van der Waals surface area contributed by atoms with Crippen molar-refractivity contribution in [2.75, 3.05) is 38.5 Å². The number of imidazole rings is 1. The van der Waals surface area contributed by atoms with Gasteiger partial charge in [-0.2, -0.15) is 0 Å². The lowest BCUT2D eigenvalue weighted by Crippen LogP contribution is -2.42. The molecule has 0 atom stereocenters. The summed E-state index contributed by atoms with van der Waals surface area (Å²) in [5, 5.41) is 6.45. The Hall–Kier alpha value is -3.36. The molecule has 3 N–H and O–H groups in total. The number of H-pyrrole nitrogens is 1. The van der Waals surface area contributed by atoms with Crippen molar-refractivity contribution in [2.45, 2.75) is 13.0 Å². The summed E-state index contributed by atoms with van der Waals surface area (Å²) in [7, 11) is 1.85. The van der Waals surface area contributed by atoms with Crippen molar-refractivity contribution in [1.29, 1.82) is 0 Å². The second kappa shape index (κ2) is 8.79. The van der Waals surface area contributed by atoms with Crippen LogP contribution in [-0.2, 0) is 13.0 Å². The predicted molar refractivity (Wildman–Crippen MR) is 122 cm³/mol. The molecule has 3 aromatic heterocycles. The molecule has 0 amide bonds. The standard InChI is InChI=1S/C23H26N8/c1-24-22-13-20(27-15-28-22)17-2-3-19-21(11-17)30-23(29-19)12-18-10-16(4-5-26-18)14-31-8-6-25-7-9-31/h2-5,10-11,13,15,25H,6-9,12,14H2,1H3,(H,29,30)(H,24,27,28). The molecule has 0 radical (unpaired) electrons. The Morgan fingerprint density at radius 1 is 1.03 bits per heavy atom. The zero-order valence-corrected chi connectivity index (χ0v) is 17.6. The first kappa shape index (κ1) is 19.6. The van der Waals surface area contributed by atoms with Gasteiger partial charge in [-0.3, -0.25) is 9.88 Å². The maximum atomic E-state index is 4.76. The van der Waals surface area contributed by atoms with Gasteiger partial charge in [-0.05, 0) is 29.8 Å². The fraction of sp³-hybridized carbons (Fsp3) is 0.304. The Balaban J connectivity index is 1.34. The highest BCUT2D eigenvalue weighted by molar-refractivity contribution is 5.81. The summed E-state index contributed by atoms with van der Waals surface area (Å²) in [6.45, 7) is 5.26. The third-order valence-corrected chi connectivity index (χ3v) is 5.60. The minimum Gasteiger partial charge on any atom is -0.373 e. The van der Waals surface area contributed by atoms with Gasteiger partial charge in [0.2, 0.25) is 0 Å². The molecule has 8 heteroatoms. The Labute approximate surface area is 181 Å². The van der Waals surface area contributed by atoms with E-state index in [4.69, 9.17) is 4.98 Å². The zero-order valence-electron chi connectivity index (χ0n) is 17.6. The quantitative estimate of drug-likeness (QED) is 0.446. The number of nitrogens with one attached hydrogen (secondary N) is 3. The van der Waals surface area contributed by atoms with Crippen molar-refractivity contribution in [1.82, 2.24) is 35.1 Å². The van der Waals surface area contributed by atoms with E-state index in [0.717, 1.165) is 72.4 Å². The van der Waals surface area contributed by atoms with Crippen LogP contribution in [0.3, 0.4) is 0 Å². The molecule has 31 heavy (non-hydrogen) atoms. The van der Waals surface area contributed by atoms with Gasteiger partial charge in [-0.1, -0.05) is 6.07 Å². The van der Waals surface area contributed by atoms with Gasteiger partial charge in [0.25, 0.3) is 0 Å². The third kappa shape index (κ3) is 4.55. The van der Waals surface area contributed by atoms with E-state index >= 15 is 0 Å². The smallest absolute Gasteiger partial charge is 0.129 e. The number of aromatic amines is 1. The second-order valence-corrected chi connectivity index (χ2v) is 7.81. The molecule has 1 aliphatic rings. The zero-order chi connectivity index (χ0) is 21.0. The molecule has 4 aromatic rings. The minimum absolute atomic E-state index is 0.677. The van der Waals surface area contributed by atoms with Gasteiger partial charge in [-0.15, -0.1) is 0 Å². The molecule has 8 nitrogen and oxygen atoms in total. The van der Waals surface area contributed by atoms with Crippen LogP contribution < -0.4 is 10.6 Å². The van der Waals surface area contributed by atoms with Crippen molar-refractivity contribution in [3.63, 3.8) is 0 Å². The molecule has 1 aliphatic heterocycles. The number of nitrogens with zero attached hydrogens (tertiary/aromatic N) is 5. The molecule has 1 saturated heterocycles. The lowest BCUT2D eigenvalue weighted by Gasteiger charge is -2.27. The first-order valence-corrected chi connectivity index (χ1v) is 10.6. The summed E-state index contributed by atoms with van der Waals surface area (Å²) < 4.78 is 0. The van der Waals surface area contributed by atoms with E-state index in [-0.39, 0.29) is 0 Å². The van der Waals surface area contributed by atoms with Gasteiger partial charge in [0.1, 0.15) is 18.0 Å². The van der Waals surface area contributed by atoms with Gasteiger partial charge in [0.05, 0.1) is 16.7 Å².